The first-order chi connectivity index (χ1) is 14.5. The second-order valence-electron chi connectivity index (χ2n) is 7.70. The van der Waals surface area contributed by atoms with Gasteiger partial charge in [0.2, 0.25) is 12.3 Å². The zero-order chi connectivity index (χ0) is 21.1. The fourth-order valence-corrected chi connectivity index (χ4v) is 4.51. The van der Waals surface area contributed by atoms with Gasteiger partial charge in [0.05, 0.1) is 17.6 Å². The molecule has 0 saturated carbocycles. The van der Waals surface area contributed by atoms with Gasteiger partial charge in [-0.2, -0.15) is 10.2 Å². The number of aromatic nitrogens is 4. The number of rotatable bonds is 6. The van der Waals surface area contributed by atoms with E-state index >= 15 is 0 Å². The highest BCUT2D eigenvalue weighted by molar-refractivity contribution is 7.14. The van der Waals surface area contributed by atoms with Crippen LogP contribution in [0.1, 0.15) is 36.4 Å². The van der Waals surface area contributed by atoms with Crippen molar-refractivity contribution >= 4 is 28.1 Å². The number of benzene rings is 1. The van der Waals surface area contributed by atoms with Gasteiger partial charge in [-0.05, 0) is 56.4 Å². The molecule has 1 aromatic carbocycles. The number of alkyl halides is 2. The highest BCUT2D eigenvalue weighted by Gasteiger charge is 2.24. The van der Waals surface area contributed by atoms with Crippen LogP contribution in [0.5, 0.6) is 0 Å². The molecule has 0 bridgehead atoms. The fourth-order valence-electron chi connectivity index (χ4n) is 3.82. The number of fused-ring (bicyclic) bond motifs is 1. The fraction of sp³-hybridized carbons (Fsp3) is 0.476. The van der Waals surface area contributed by atoms with Crippen LogP contribution in [0.4, 0.5) is 8.78 Å². The maximum atomic E-state index is 12.7. The summed E-state index contributed by atoms with van der Waals surface area (Å²) in [5.74, 6) is 0.290. The van der Waals surface area contributed by atoms with E-state index in [1.54, 1.807) is 0 Å². The summed E-state index contributed by atoms with van der Waals surface area (Å²) in [4.78, 5) is 14.5. The zero-order valence-electron chi connectivity index (χ0n) is 16.7. The van der Waals surface area contributed by atoms with Crippen molar-refractivity contribution in [2.45, 2.75) is 45.5 Å². The number of halogens is 2. The maximum Gasteiger partial charge on any atom is 0.238 e. The van der Waals surface area contributed by atoms with Gasteiger partial charge < -0.3 is 4.90 Å². The Balaban J connectivity index is 1.40. The molecule has 3 heterocycles. The second kappa shape index (κ2) is 9.07. The van der Waals surface area contributed by atoms with E-state index in [1.165, 1.54) is 11.3 Å². The molecular weight excluding hydrogens is 408 g/mol. The average Bonchev–Trinajstić information content (AvgIpc) is 3.18. The zero-order valence-corrected chi connectivity index (χ0v) is 17.5. The Morgan fingerprint density at radius 1 is 1.17 bits per heavy atom. The quantitative estimate of drug-likeness (QED) is 0.582. The van der Waals surface area contributed by atoms with Crippen LogP contribution < -0.4 is 0 Å². The Kier molecular flexibility index (Phi) is 6.26. The summed E-state index contributed by atoms with van der Waals surface area (Å²) in [5, 5.41) is 19.4. The molecule has 9 heteroatoms. The number of likely N-dealkylation sites (tertiary alicyclic amines) is 1. The normalized spacial score (nSPS) is 15.3. The van der Waals surface area contributed by atoms with E-state index in [0.29, 0.717) is 25.2 Å². The van der Waals surface area contributed by atoms with Crippen molar-refractivity contribution in [1.29, 1.82) is 0 Å². The Hall–Kier alpha value is -2.55. The minimum atomic E-state index is -2.24. The van der Waals surface area contributed by atoms with E-state index in [2.05, 4.69) is 20.4 Å². The number of carbonyl (C=O) groups is 1. The van der Waals surface area contributed by atoms with Crippen molar-refractivity contribution in [3.63, 3.8) is 0 Å². The van der Waals surface area contributed by atoms with Crippen LogP contribution in [0, 0.1) is 12.8 Å². The van der Waals surface area contributed by atoms with E-state index in [0.717, 1.165) is 39.3 Å². The van der Waals surface area contributed by atoms with Gasteiger partial charge in [-0.1, -0.05) is 11.3 Å². The molecule has 1 fully saturated rings. The van der Waals surface area contributed by atoms with Crippen LogP contribution >= 0.6 is 11.3 Å². The summed E-state index contributed by atoms with van der Waals surface area (Å²) in [6.07, 6.45) is -0.00494. The standard InChI is InChI=1S/C21H23F2N5OS/c1-13-24-27-21(30-13)15-3-4-18-16(10-15)11-17(25-26-18)12-20(29)28-8-6-14(7-9-28)2-5-19(22)23/h3-4,10-11,14,19H,2,5-9,12H2,1H3. The summed E-state index contributed by atoms with van der Waals surface area (Å²) in [7, 11) is 0. The van der Waals surface area contributed by atoms with Crippen molar-refractivity contribution in [2.24, 2.45) is 5.92 Å². The summed E-state index contributed by atoms with van der Waals surface area (Å²) >= 11 is 1.53. The third-order valence-corrected chi connectivity index (χ3v) is 6.39. The predicted molar refractivity (Wildman–Crippen MR) is 111 cm³/mol. The van der Waals surface area contributed by atoms with Crippen LogP contribution in [0.15, 0.2) is 24.3 Å². The van der Waals surface area contributed by atoms with Crippen LogP contribution in [-0.2, 0) is 11.2 Å². The van der Waals surface area contributed by atoms with Crippen molar-refractivity contribution in [1.82, 2.24) is 25.3 Å². The first kappa shape index (κ1) is 20.7. The number of carbonyl (C=O) groups excluding carboxylic acids is 1. The molecule has 1 saturated heterocycles. The van der Waals surface area contributed by atoms with Crippen LogP contribution in [0.3, 0.4) is 0 Å². The van der Waals surface area contributed by atoms with Gasteiger partial charge in [0.25, 0.3) is 0 Å². The van der Waals surface area contributed by atoms with Gasteiger partial charge in [-0.25, -0.2) is 8.78 Å². The predicted octanol–water partition coefficient (Wildman–Crippen LogP) is 4.28. The SMILES string of the molecule is Cc1nnc(-c2ccc3nnc(CC(=O)N4CCC(CCC(F)F)CC4)cc3c2)s1. The summed E-state index contributed by atoms with van der Waals surface area (Å²) < 4.78 is 24.8. The van der Waals surface area contributed by atoms with Crippen molar-refractivity contribution < 1.29 is 13.6 Å². The molecule has 0 aliphatic carbocycles. The van der Waals surface area contributed by atoms with Crippen LogP contribution in [0.2, 0.25) is 0 Å². The molecule has 4 rings (SSSR count). The highest BCUT2D eigenvalue weighted by Crippen LogP contribution is 2.27. The minimum absolute atomic E-state index is 0.00635. The number of hydrogen-bond donors (Lipinski definition) is 0. The molecule has 0 radical (unpaired) electrons. The Labute approximate surface area is 177 Å². The van der Waals surface area contributed by atoms with Gasteiger partial charge >= 0.3 is 0 Å². The van der Waals surface area contributed by atoms with Crippen LogP contribution in [-0.4, -0.2) is 50.7 Å². The second-order valence-corrected chi connectivity index (χ2v) is 8.89. The lowest BCUT2D eigenvalue weighted by molar-refractivity contribution is -0.132. The lowest BCUT2D eigenvalue weighted by atomic mass is 9.92. The number of nitrogens with zero attached hydrogens (tertiary/aromatic N) is 5. The average molecular weight is 432 g/mol. The largest absolute Gasteiger partial charge is 0.342 e. The molecule has 3 aromatic rings. The smallest absolute Gasteiger partial charge is 0.238 e. The molecule has 158 valence electrons. The van der Waals surface area contributed by atoms with Crippen molar-refractivity contribution in [3.8, 4) is 10.6 Å². The Bertz CT molecular complexity index is 1030. The third-order valence-electron chi connectivity index (χ3n) is 5.50. The molecule has 2 aromatic heterocycles. The topological polar surface area (TPSA) is 71.9 Å². The molecule has 1 amide bonds. The lowest BCUT2D eigenvalue weighted by Gasteiger charge is -2.32. The number of aryl methyl sites for hydroxylation is 1. The van der Waals surface area contributed by atoms with Gasteiger partial charge in [0, 0.05) is 30.5 Å². The minimum Gasteiger partial charge on any atom is -0.342 e. The number of hydrogen-bond acceptors (Lipinski definition) is 6. The molecule has 30 heavy (non-hydrogen) atoms. The van der Waals surface area contributed by atoms with Crippen molar-refractivity contribution in [2.75, 3.05) is 13.1 Å². The first-order valence-electron chi connectivity index (χ1n) is 10.1. The molecular formula is C21H23F2N5OS. The van der Waals surface area contributed by atoms with Gasteiger partial charge in [-0.15, -0.1) is 10.2 Å². The number of amides is 1. The van der Waals surface area contributed by atoms with Gasteiger partial charge in [0.15, 0.2) is 0 Å². The molecule has 6 nitrogen and oxygen atoms in total. The highest BCUT2D eigenvalue weighted by atomic mass is 32.1. The number of piperidine rings is 1. The molecule has 0 spiro atoms. The molecule has 0 atom stereocenters. The third kappa shape index (κ3) is 4.95. The van der Waals surface area contributed by atoms with E-state index in [1.807, 2.05) is 36.1 Å². The summed E-state index contributed by atoms with van der Waals surface area (Å²) in [6, 6.07) is 7.73. The maximum absolute atomic E-state index is 12.7. The molecule has 0 N–H and O–H groups in total. The molecule has 1 aliphatic heterocycles. The van der Waals surface area contributed by atoms with Gasteiger partial charge in [0.1, 0.15) is 10.0 Å². The van der Waals surface area contributed by atoms with E-state index in [-0.39, 0.29) is 24.7 Å². The van der Waals surface area contributed by atoms with Gasteiger partial charge in [-0.3, -0.25) is 4.79 Å². The van der Waals surface area contributed by atoms with E-state index in [4.69, 9.17) is 0 Å². The van der Waals surface area contributed by atoms with E-state index < -0.39 is 6.43 Å². The first-order valence-corrected chi connectivity index (χ1v) is 10.9. The summed E-state index contributed by atoms with van der Waals surface area (Å²) in [5.41, 5.74) is 2.35. The lowest BCUT2D eigenvalue weighted by Crippen LogP contribution is -2.39. The van der Waals surface area contributed by atoms with Crippen LogP contribution in [0.25, 0.3) is 21.5 Å². The van der Waals surface area contributed by atoms with E-state index in [9.17, 15) is 13.6 Å². The Morgan fingerprint density at radius 3 is 2.67 bits per heavy atom. The molecule has 0 unspecified atom stereocenters. The monoisotopic (exact) mass is 431 g/mol. The van der Waals surface area contributed by atoms with Crippen molar-refractivity contribution in [3.05, 3.63) is 35.0 Å². The molecule has 1 aliphatic rings. The Morgan fingerprint density at radius 2 is 1.97 bits per heavy atom. The summed E-state index contributed by atoms with van der Waals surface area (Å²) in [6.45, 7) is 3.15.